The van der Waals surface area contributed by atoms with Crippen molar-refractivity contribution in [1.29, 1.82) is 0 Å². The number of benzene rings is 1. The summed E-state index contributed by atoms with van der Waals surface area (Å²) in [6.07, 6.45) is 5.26. The van der Waals surface area contributed by atoms with Gasteiger partial charge >= 0.3 is 0 Å². The second-order valence-electron chi connectivity index (χ2n) is 7.87. The zero-order chi connectivity index (χ0) is 25.2. The molecule has 0 bridgehead atoms. The topological polar surface area (TPSA) is 105 Å². The third-order valence-electron chi connectivity index (χ3n) is 5.60. The van der Waals surface area contributed by atoms with E-state index in [2.05, 4.69) is 15.5 Å². The van der Waals surface area contributed by atoms with Gasteiger partial charge < -0.3 is 28.3 Å². The van der Waals surface area contributed by atoms with Gasteiger partial charge in [0.1, 0.15) is 9.71 Å². The summed E-state index contributed by atoms with van der Waals surface area (Å²) in [6.45, 7) is 2.38. The zero-order valence-electron chi connectivity index (χ0n) is 20.2. The number of nitrogens with one attached hydrogen (secondary N) is 1. The van der Waals surface area contributed by atoms with Crippen molar-refractivity contribution in [3.05, 3.63) is 58.4 Å². The Morgan fingerprint density at radius 1 is 1.19 bits per heavy atom. The Labute approximate surface area is 211 Å². The molecule has 0 radical (unpaired) electrons. The largest absolute Gasteiger partial charge is 0.493 e. The summed E-state index contributed by atoms with van der Waals surface area (Å²) in [5, 5.41) is 5.07. The lowest BCUT2D eigenvalue weighted by molar-refractivity contribution is 0.0959. The van der Waals surface area contributed by atoms with Crippen LogP contribution in [0.25, 0.3) is 15.9 Å². The number of fused-ring (bicyclic) bond motifs is 2. The molecule has 11 heteroatoms. The van der Waals surface area contributed by atoms with Crippen molar-refractivity contribution in [2.75, 3.05) is 28.1 Å². The minimum absolute atomic E-state index is 0.0616. The lowest BCUT2D eigenvalue weighted by Gasteiger charge is -2.11. The van der Waals surface area contributed by atoms with E-state index in [1.54, 1.807) is 13.2 Å². The number of hydrogen-bond acceptors (Lipinski definition) is 9. The number of carbonyl (C=O) groups is 1. The molecule has 186 valence electrons. The van der Waals surface area contributed by atoms with Crippen LogP contribution in [0.2, 0.25) is 0 Å². The summed E-state index contributed by atoms with van der Waals surface area (Å²) in [7, 11) is 4.70. The lowest BCUT2D eigenvalue weighted by Crippen LogP contribution is -2.18. The molecule has 10 nitrogen and oxygen atoms in total. The van der Waals surface area contributed by atoms with Gasteiger partial charge in [-0.2, -0.15) is 5.10 Å². The molecule has 3 aromatic heterocycles. The number of aromatic nitrogens is 2. The second kappa shape index (κ2) is 9.88. The van der Waals surface area contributed by atoms with E-state index in [4.69, 9.17) is 23.7 Å². The average Bonchev–Trinajstić information content (AvgIpc) is 3.62. The van der Waals surface area contributed by atoms with Crippen LogP contribution in [0, 0.1) is 6.92 Å². The Balaban J connectivity index is 1.52. The van der Waals surface area contributed by atoms with Gasteiger partial charge in [-0.15, -0.1) is 11.3 Å². The number of pyridine rings is 1. The van der Waals surface area contributed by atoms with Crippen molar-refractivity contribution in [3.63, 3.8) is 0 Å². The molecule has 0 saturated carbocycles. The highest BCUT2D eigenvalue weighted by Gasteiger charge is 2.27. The van der Waals surface area contributed by atoms with Gasteiger partial charge in [-0.25, -0.2) is 10.4 Å². The van der Waals surface area contributed by atoms with E-state index >= 15 is 0 Å². The van der Waals surface area contributed by atoms with Crippen LogP contribution in [0.4, 0.5) is 0 Å². The highest BCUT2D eigenvalue weighted by Crippen LogP contribution is 2.49. The maximum absolute atomic E-state index is 13.4. The van der Waals surface area contributed by atoms with E-state index in [9.17, 15) is 4.79 Å². The van der Waals surface area contributed by atoms with Crippen LogP contribution in [-0.2, 0) is 11.3 Å². The van der Waals surface area contributed by atoms with Crippen LogP contribution in [0.3, 0.4) is 0 Å². The quantitative estimate of drug-likeness (QED) is 0.283. The number of ether oxygens (including phenoxy) is 5. The van der Waals surface area contributed by atoms with Crippen LogP contribution in [0.1, 0.15) is 26.5 Å². The molecule has 4 heterocycles. The smallest absolute Gasteiger partial charge is 0.283 e. The summed E-state index contributed by atoms with van der Waals surface area (Å²) in [4.78, 5) is 19.2. The van der Waals surface area contributed by atoms with Crippen molar-refractivity contribution >= 4 is 33.7 Å². The van der Waals surface area contributed by atoms with Crippen LogP contribution in [0.5, 0.6) is 23.0 Å². The third kappa shape index (κ3) is 4.12. The number of aryl methyl sites for hydroxylation is 1. The van der Waals surface area contributed by atoms with Crippen molar-refractivity contribution in [3.8, 4) is 28.7 Å². The Morgan fingerprint density at radius 3 is 2.69 bits per heavy atom. The molecule has 4 aromatic rings. The highest BCUT2D eigenvalue weighted by molar-refractivity contribution is 7.21. The molecule has 1 amide bonds. The average molecular weight is 509 g/mol. The van der Waals surface area contributed by atoms with Gasteiger partial charge in [-0.1, -0.05) is 0 Å². The molecule has 36 heavy (non-hydrogen) atoms. The van der Waals surface area contributed by atoms with Gasteiger partial charge in [0.05, 0.1) is 32.7 Å². The molecule has 0 fully saturated rings. The van der Waals surface area contributed by atoms with Crippen LogP contribution >= 0.6 is 11.3 Å². The Kier molecular flexibility index (Phi) is 6.49. The number of hydrazone groups is 1. The van der Waals surface area contributed by atoms with Crippen LogP contribution < -0.4 is 24.4 Å². The van der Waals surface area contributed by atoms with Crippen LogP contribution in [-0.4, -0.2) is 49.8 Å². The van der Waals surface area contributed by atoms with E-state index < -0.39 is 0 Å². The normalized spacial score (nSPS) is 12.4. The monoisotopic (exact) mass is 508 g/mol. The number of amides is 1. The summed E-state index contributed by atoms with van der Waals surface area (Å²) in [6, 6.07) is 7.49. The maximum Gasteiger partial charge on any atom is 0.283 e. The zero-order valence-corrected chi connectivity index (χ0v) is 21.0. The Morgan fingerprint density at radius 2 is 1.97 bits per heavy atom. The van der Waals surface area contributed by atoms with E-state index in [0.29, 0.717) is 40.0 Å². The number of nitrogens with zero attached hydrogens (tertiary/aromatic N) is 3. The first-order valence-electron chi connectivity index (χ1n) is 11.0. The fourth-order valence-corrected chi connectivity index (χ4v) is 5.31. The molecule has 0 spiro atoms. The highest BCUT2D eigenvalue weighted by atomic mass is 32.1. The number of carbonyl (C=O) groups excluding carboxylic acids is 1. The summed E-state index contributed by atoms with van der Waals surface area (Å²) >= 11 is 1.31. The van der Waals surface area contributed by atoms with E-state index in [-0.39, 0.29) is 12.7 Å². The molecule has 0 aliphatic carbocycles. The Hall–Kier alpha value is -4.09. The lowest BCUT2D eigenvalue weighted by atomic mass is 10.1. The molecule has 1 aromatic carbocycles. The number of rotatable bonds is 8. The maximum atomic E-state index is 13.4. The molecule has 0 unspecified atom stereocenters. The predicted molar refractivity (Wildman–Crippen MR) is 135 cm³/mol. The first-order valence-corrected chi connectivity index (χ1v) is 11.8. The van der Waals surface area contributed by atoms with Gasteiger partial charge in [-0.3, -0.25) is 4.79 Å². The minimum atomic E-state index is -0.370. The molecule has 0 saturated heterocycles. The third-order valence-corrected chi connectivity index (χ3v) is 6.67. The molecule has 5 rings (SSSR count). The molecule has 1 aliphatic heterocycles. The number of hydrogen-bond donors (Lipinski definition) is 1. The Bertz CT molecular complexity index is 1460. The van der Waals surface area contributed by atoms with E-state index in [1.165, 1.54) is 31.8 Å². The summed E-state index contributed by atoms with van der Waals surface area (Å²) < 4.78 is 29.2. The van der Waals surface area contributed by atoms with Gasteiger partial charge in [0.2, 0.25) is 18.3 Å². The molecule has 1 aliphatic rings. The van der Waals surface area contributed by atoms with Gasteiger partial charge in [0.25, 0.3) is 5.91 Å². The fraction of sp³-hybridized carbons (Fsp3) is 0.240. The minimum Gasteiger partial charge on any atom is -0.493 e. The summed E-state index contributed by atoms with van der Waals surface area (Å²) in [5.41, 5.74) is 5.73. The molecule has 1 N–H and O–H groups in total. The first-order chi connectivity index (χ1) is 17.5. The van der Waals surface area contributed by atoms with Crippen molar-refractivity contribution in [1.82, 2.24) is 15.0 Å². The van der Waals surface area contributed by atoms with Gasteiger partial charge in [0.15, 0.2) is 11.5 Å². The molecule has 0 atom stereocenters. The van der Waals surface area contributed by atoms with Crippen molar-refractivity contribution in [2.24, 2.45) is 5.10 Å². The SMILES string of the molecule is COCc1cc(C)nc2sc(C(=O)N/N=C\c3cc(OC)c4c(c3OC)OCO4)c(-n3cccc3)c12. The first kappa shape index (κ1) is 23.6. The van der Waals surface area contributed by atoms with Gasteiger partial charge in [-0.05, 0) is 36.8 Å². The van der Waals surface area contributed by atoms with Crippen molar-refractivity contribution in [2.45, 2.75) is 13.5 Å². The predicted octanol–water partition coefficient (Wildman–Crippen LogP) is 4.05. The number of methoxy groups -OCH3 is 3. The van der Waals surface area contributed by atoms with Crippen LogP contribution in [0.15, 0.2) is 41.8 Å². The fourth-order valence-electron chi connectivity index (χ4n) is 4.15. The standard InChI is InChI=1S/C25H24N4O6S/c1-14-9-16(12-31-2)18-19(29-7-5-6-8-29)23(36-25(18)27-14)24(30)28-26-11-15-10-17(32-3)21-22(20(15)33-4)35-13-34-21/h5-11H,12-13H2,1-4H3,(H,28,30)/b26-11-. The second-order valence-corrected chi connectivity index (χ2v) is 8.87. The molecular weight excluding hydrogens is 484 g/mol. The van der Waals surface area contributed by atoms with Crippen molar-refractivity contribution < 1.29 is 28.5 Å². The number of thiophene rings is 1. The summed E-state index contributed by atoms with van der Waals surface area (Å²) in [5.74, 6) is 1.43. The molecular formula is C25H24N4O6S. The van der Waals surface area contributed by atoms with E-state index in [1.807, 2.05) is 42.1 Å². The van der Waals surface area contributed by atoms with E-state index in [0.717, 1.165) is 27.2 Å². The van der Waals surface area contributed by atoms with Gasteiger partial charge in [0, 0.05) is 36.1 Å².